The van der Waals surface area contributed by atoms with Gasteiger partial charge in [0.05, 0.1) is 6.04 Å². The van der Waals surface area contributed by atoms with Crippen molar-refractivity contribution in [2.75, 3.05) is 0 Å². The monoisotopic (exact) mass is 219 g/mol. The van der Waals surface area contributed by atoms with Crippen LogP contribution < -0.4 is 5.73 Å². The molecule has 2 nitrogen and oxygen atoms in total. The van der Waals surface area contributed by atoms with E-state index in [1.165, 1.54) is 0 Å². The number of hydrogen-bond acceptors (Lipinski definition) is 2. The van der Waals surface area contributed by atoms with Crippen molar-refractivity contribution in [2.45, 2.75) is 39.2 Å². The smallest absolute Gasteiger partial charge is 0.152 e. The van der Waals surface area contributed by atoms with Gasteiger partial charge in [0.1, 0.15) is 0 Å². The van der Waals surface area contributed by atoms with Crippen LogP contribution in [0.3, 0.4) is 0 Å². The van der Waals surface area contributed by atoms with E-state index in [1.807, 2.05) is 37.3 Å². The first-order valence-electron chi connectivity index (χ1n) is 5.98. The van der Waals surface area contributed by atoms with Gasteiger partial charge >= 0.3 is 0 Å². The van der Waals surface area contributed by atoms with E-state index in [0.717, 1.165) is 18.4 Å². The van der Waals surface area contributed by atoms with E-state index in [2.05, 4.69) is 6.92 Å². The van der Waals surface area contributed by atoms with Crippen molar-refractivity contribution in [3.63, 3.8) is 0 Å². The minimum atomic E-state index is -0.357. The standard InChI is InChI=1S/C14H21NO/c1-3-7-11(2)14(16)13(15)10-12-8-5-4-6-9-12/h4-6,8-9,11,13H,3,7,10,15H2,1-2H3. The van der Waals surface area contributed by atoms with Crippen molar-refractivity contribution < 1.29 is 4.79 Å². The van der Waals surface area contributed by atoms with Crippen LogP contribution in [0.25, 0.3) is 0 Å². The van der Waals surface area contributed by atoms with E-state index in [0.29, 0.717) is 6.42 Å². The van der Waals surface area contributed by atoms with Gasteiger partial charge in [0.15, 0.2) is 5.78 Å². The van der Waals surface area contributed by atoms with E-state index < -0.39 is 0 Å². The fourth-order valence-corrected chi connectivity index (χ4v) is 1.91. The fraction of sp³-hybridized carbons (Fsp3) is 0.500. The largest absolute Gasteiger partial charge is 0.321 e. The second kappa shape index (κ2) is 6.44. The molecule has 1 aromatic rings. The summed E-state index contributed by atoms with van der Waals surface area (Å²) in [7, 11) is 0. The van der Waals surface area contributed by atoms with E-state index in [9.17, 15) is 4.79 Å². The van der Waals surface area contributed by atoms with E-state index in [-0.39, 0.29) is 17.7 Å². The molecule has 0 saturated carbocycles. The zero-order valence-electron chi connectivity index (χ0n) is 10.1. The predicted octanol–water partition coefficient (Wildman–Crippen LogP) is 2.56. The Labute approximate surface area is 97.9 Å². The summed E-state index contributed by atoms with van der Waals surface area (Å²) < 4.78 is 0. The van der Waals surface area contributed by atoms with Crippen molar-refractivity contribution >= 4 is 5.78 Å². The van der Waals surface area contributed by atoms with E-state index >= 15 is 0 Å². The summed E-state index contributed by atoms with van der Waals surface area (Å²) in [4.78, 5) is 11.9. The number of rotatable bonds is 6. The second-order valence-corrected chi connectivity index (χ2v) is 4.39. The summed E-state index contributed by atoms with van der Waals surface area (Å²) in [5.74, 6) is 0.273. The van der Waals surface area contributed by atoms with Gasteiger partial charge in [0.2, 0.25) is 0 Å². The highest BCUT2D eigenvalue weighted by atomic mass is 16.1. The first-order chi connectivity index (χ1) is 7.65. The van der Waals surface area contributed by atoms with Gasteiger partial charge in [-0.3, -0.25) is 4.79 Å². The Kier molecular flexibility index (Phi) is 5.20. The Bertz CT molecular complexity index is 321. The normalized spacial score (nSPS) is 14.4. The molecule has 0 saturated heterocycles. The molecule has 88 valence electrons. The van der Waals surface area contributed by atoms with Crippen LogP contribution in [0.2, 0.25) is 0 Å². The van der Waals surface area contributed by atoms with Crippen LogP contribution in [-0.2, 0) is 11.2 Å². The SMILES string of the molecule is CCCC(C)C(=O)C(N)Cc1ccccc1. The predicted molar refractivity (Wildman–Crippen MR) is 67.2 cm³/mol. The Morgan fingerprint density at radius 2 is 1.94 bits per heavy atom. The number of ketones is 1. The molecular weight excluding hydrogens is 198 g/mol. The number of Topliss-reactive ketones (excluding diaryl/α,β-unsaturated/α-hetero) is 1. The summed E-state index contributed by atoms with van der Waals surface area (Å²) in [6.45, 7) is 4.06. The summed E-state index contributed by atoms with van der Waals surface area (Å²) in [5, 5.41) is 0. The van der Waals surface area contributed by atoms with Gasteiger partial charge in [-0.1, -0.05) is 50.6 Å². The van der Waals surface area contributed by atoms with Crippen molar-refractivity contribution in [1.29, 1.82) is 0 Å². The number of carbonyl (C=O) groups is 1. The highest BCUT2D eigenvalue weighted by Crippen LogP contribution is 2.11. The number of hydrogen-bond donors (Lipinski definition) is 1. The fourth-order valence-electron chi connectivity index (χ4n) is 1.91. The first-order valence-corrected chi connectivity index (χ1v) is 5.98. The van der Waals surface area contributed by atoms with Crippen molar-refractivity contribution in [3.8, 4) is 0 Å². The lowest BCUT2D eigenvalue weighted by atomic mass is 9.92. The lowest BCUT2D eigenvalue weighted by Gasteiger charge is -2.15. The third kappa shape index (κ3) is 3.78. The van der Waals surface area contributed by atoms with Crippen molar-refractivity contribution in [1.82, 2.24) is 0 Å². The maximum Gasteiger partial charge on any atom is 0.152 e. The Morgan fingerprint density at radius 1 is 1.31 bits per heavy atom. The second-order valence-electron chi connectivity index (χ2n) is 4.39. The van der Waals surface area contributed by atoms with Gasteiger partial charge in [-0.15, -0.1) is 0 Å². The number of nitrogens with two attached hydrogens (primary N) is 1. The maximum absolute atomic E-state index is 11.9. The molecule has 0 bridgehead atoms. The summed E-state index contributed by atoms with van der Waals surface area (Å²) in [6.07, 6.45) is 2.61. The molecule has 2 heteroatoms. The number of benzene rings is 1. The van der Waals surface area contributed by atoms with Crippen molar-refractivity contribution in [3.05, 3.63) is 35.9 Å². The Balaban J connectivity index is 2.52. The third-order valence-electron chi connectivity index (χ3n) is 2.87. The van der Waals surface area contributed by atoms with Gasteiger partial charge in [0, 0.05) is 5.92 Å². The molecule has 0 aromatic heterocycles. The average Bonchev–Trinajstić information content (AvgIpc) is 2.29. The molecule has 0 aliphatic rings. The molecule has 0 aliphatic carbocycles. The molecule has 1 rings (SSSR count). The Hall–Kier alpha value is -1.15. The van der Waals surface area contributed by atoms with Crippen LogP contribution in [0.5, 0.6) is 0 Å². The van der Waals surface area contributed by atoms with Crippen LogP contribution in [-0.4, -0.2) is 11.8 Å². The molecule has 0 heterocycles. The lowest BCUT2D eigenvalue weighted by molar-refractivity contribution is -0.123. The van der Waals surface area contributed by atoms with Crippen molar-refractivity contribution in [2.24, 2.45) is 11.7 Å². The quantitative estimate of drug-likeness (QED) is 0.799. The molecule has 0 radical (unpaired) electrons. The third-order valence-corrected chi connectivity index (χ3v) is 2.87. The van der Waals surface area contributed by atoms with Crippen LogP contribution in [0.4, 0.5) is 0 Å². The van der Waals surface area contributed by atoms with Gasteiger partial charge in [-0.05, 0) is 18.4 Å². The Morgan fingerprint density at radius 3 is 2.50 bits per heavy atom. The van der Waals surface area contributed by atoms with Gasteiger partial charge in [-0.2, -0.15) is 0 Å². The highest BCUT2D eigenvalue weighted by molar-refractivity contribution is 5.86. The molecule has 2 unspecified atom stereocenters. The minimum absolute atomic E-state index is 0.0868. The molecule has 0 fully saturated rings. The maximum atomic E-state index is 11.9. The van der Waals surface area contributed by atoms with Gasteiger partial charge < -0.3 is 5.73 Å². The first kappa shape index (κ1) is 12.9. The number of carbonyl (C=O) groups excluding carboxylic acids is 1. The molecule has 16 heavy (non-hydrogen) atoms. The molecule has 2 atom stereocenters. The lowest BCUT2D eigenvalue weighted by Crippen LogP contribution is -2.36. The average molecular weight is 219 g/mol. The zero-order valence-corrected chi connectivity index (χ0v) is 10.1. The summed E-state index contributed by atoms with van der Waals surface area (Å²) in [5.41, 5.74) is 7.06. The topological polar surface area (TPSA) is 43.1 Å². The summed E-state index contributed by atoms with van der Waals surface area (Å²) >= 11 is 0. The molecule has 2 N–H and O–H groups in total. The molecule has 0 spiro atoms. The van der Waals surface area contributed by atoms with E-state index in [4.69, 9.17) is 5.73 Å². The molecular formula is C14H21NO. The highest BCUT2D eigenvalue weighted by Gasteiger charge is 2.19. The molecule has 0 aliphatic heterocycles. The molecule has 0 amide bonds. The van der Waals surface area contributed by atoms with Gasteiger partial charge in [0.25, 0.3) is 0 Å². The minimum Gasteiger partial charge on any atom is -0.321 e. The van der Waals surface area contributed by atoms with Crippen LogP contribution >= 0.6 is 0 Å². The summed E-state index contributed by atoms with van der Waals surface area (Å²) in [6, 6.07) is 9.58. The van der Waals surface area contributed by atoms with E-state index in [1.54, 1.807) is 0 Å². The zero-order chi connectivity index (χ0) is 12.0. The van der Waals surface area contributed by atoms with Crippen LogP contribution in [0.1, 0.15) is 32.3 Å². The van der Waals surface area contributed by atoms with Gasteiger partial charge in [-0.25, -0.2) is 0 Å². The van der Waals surface area contributed by atoms with Crippen LogP contribution in [0, 0.1) is 5.92 Å². The van der Waals surface area contributed by atoms with Crippen LogP contribution in [0.15, 0.2) is 30.3 Å². The molecule has 1 aromatic carbocycles.